The minimum atomic E-state index is -6.41. The maximum Gasteiger partial charge on any atom is 0.462 e. The van der Waals surface area contributed by atoms with Crippen LogP contribution in [0, 0.1) is 6.92 Å². The van der Waals surface area contributed by atoms with E-state index in [0.717, 1.165) is 5.56 Å². The van der Waals surface area contributed by atoms with Crippen LogP contribution in [-0.2, 0) is 0 Å². The molecule has 0 spiro atoms. The highest BCUT2D eigenvalue weighted by atomic mass is 79.9. The van der Waals surface area contributed by atoms with Gasteiger partial charge in [0.2, 0.25) is 0 Å². The molecule has 0 fully saturated rings. The fraction of sp³-hybridized carbons (Fsp3) is 0.364. The van der Waals surface area contributed by atoms with Gasteiger partial charge >= 0.3 is 18.1 Å². The van der Waals surface area contributed by atoms with Crippen LogP contribution in [0.25, 0.3) is 0 Å². The molecular formula is C11H7Br2F7N2. The lowest BCUT2D eigenvalue weighted by atomic mass is 10.2. The van der Waals surface area contributed by atoms with Gasteiger partial charge in [0.25, 0.3) is 0 Å². The smallest absolute Gasteiger partial charge is 0.242 e. The highest BCUT2D eigenvalue weighted by molar-refractivity contribution is 9.11. The van der Waals surface area contributed by atoms with Crippen molar-refractivity contribution in [3.05, 3.63) is 32.2 Å². The van der Waals surface area contributed by atoms with Crippen molar-refractivity contribution in [2.45, 2.75) is 25.1 Å². The van der Waals surface area contributed by atoms with Gasteiger partial charge in [0.15, 0.2) is 0 Å². The van der Waals surface area contributed by atoms with Crippen molar-refractivity contribution in [1.29, 1.82) is 0 Å². The number of nitrogens with zero attached hydrogens (tertiary/aromatic N) is 1. The summed E-state index contributed by atoms with van der Waals surface area (Å²) in [6.07, 6.45) is -5.72. The summed E-state index contributed by atoms with van der Waals surface area (Å²) in [4.78, 5) is 0. The van der Waals surface area contributed by atoms with Crippen LogP contribution in [0.3, 0.4) is 0 Å². The number of alkyl halides is 7. The topological polar surface area (TPSA) is 24.4 Å². The van der Waals surface area contributed by atoms with Gasteiger partial charge in [-0.2, -0.15) is 35.8 Å². The lowest BCUT2D eigenvalue weighted by Gasteiger charge is -2.27. The molecule has 0 heterocycles. The standard InChI is InChI=1S/C11H7Br2F7N2/c1-5-7(12)2-6(3-8(5)13)4-21-22-11(19,20)9(14,15)10(16,17)18/h2-4,22H,1H3/b21-4-. The molecule has 0 aliphatic rings. The van der Waals surface area contributed by atoms with Crippen molar-refractivity contribution < 1.29 is 30.7 Å². The molecule has 0 saturated heterocycles. The Morgan fingerprint density at radius 2 is 1.45 bits per heavy atom. The average molecular weight is 460 g/mol. The van der Waals surface area contributed by atoms with E-state index in [2.05, 4.69) is 37.0 Å². The first-order valence-electron chi connectivity index (χ1n) is 5.38. The van der Waals surface area contributed by atoms with E-state index in [1.807, 2.05) is 0 Å². The molecule has 22 heavy (non-hydrogen) atoms. The molecule has 2 nitrogen and oxygen atoms in total. The third-order valence-corrected chi connectivity index (χ3v) is 4.12. The van der Waals surface area contributed by atoms with Crippen LogP contribution >= 0.6 is 31.9 Å². The molecule has 124 valence electrons. The first kappa shape index (κ1) is 19.2. The van der Waals surface area contributed by atoms with Gasteiger partial charge < -0.3 is 0 Å². The molecule has 0 bridgehead atoms. The fourth-order valence-electron chi connectivity index (χ4n) is 1.18. The SMILES string of the molecule is Cc1c(Br)cc(/C=N\NC(F)(F)C(F)(F)C(F)(F)F)cc1Br. The Hall–Kier alpha value is -0.840. The van der Waals surface area contributed by atoms with Gasteiger partial charge in [-0.25, -0.2) is 5.43 Å². The number of hydrogen-bond acceptors (Lipinski definition) is 2. The monoisotopic (exact) mass is 458 g/mol. The van der Waals surface area contributed by atoms with E-state index in [1.54, 1.807) is 6.92 Å². The van der Waals surface area contributed by atoms with Crippen molar-refractivity contribution in [3.63, 3.8) is 0 Å². The Labute approximate surface area is 137 Å². The van der Waals surface area contributed by atoms with Gasteiger partial charge in [-0.1, -0.05) is 31.9 Å². The molecule has 0 unspecified atom stereocenters. The number of nitrogens with one attached hydrogen (secondary N) is 1. The predicted molar refractivity (Wildman–Crippen MR) is 73.3 cm³/mol. The van der Waals surface area contributed by atoms with Gasteiger partial charge in [-0.05, 0) is 30.2 Å². The highest BCUT2D eigenvalue weighted by Gasteiger charge is 2.73. The molecule has 0 radical (unpaired) electrons. The van der Waals surface area contributed by atoms with Crippen molar-refractivity contribution in [2.24, 2.45) is 5.10 Å². The number of benzene rings is 1. The zero-order valence-corrected chi connectivity index (χ0v) is 13.8. The molecule has 1 N–H and O–H groups in total. The summed E-state index contributed by atoms with van der Waals surface area (Å²) in [5, 5.41) is 2.76. The summed E-state index contributed by atoms with van der Waals surface area (Å²) in [6, 6.07) is -2.74. The Balaban J connectivity index is 2.94. The van der Waals surface area contributed by atoms with E-state index in [0.29, 0.717) is 20.6 Å². The second-order valence-corrected chi connectivity index (χ2v) is 5.83. The number of halogens is 9. The normalized spacial score (nSPS) is 13.7. The Kier molecular flexibility index (Phi) is 5.54. The van der Waals surface area contributed by atoms with Crippen molar-refractivity contribution in [1.82, 2.24) is 5.43 Å². The van der Waals surface area contributed by atoms with E-state index in [9.17, 15) is 30.7 Å². The Morgan fingerprint density at radius 3 is 1.86 bits per heavy atom. The summed E-state index contributed by atoms with van der Waals surface area (Å²) >= 11 is 6.31. The lowest BCUT2D eigenvalue weighted by Crippen LogP contribution is -2.58. The Morgan fingerprint density at radius 1 is 1.00 bits per heavy atom. The summed E-state index contributed by atoms with van der Waals surface area (Å²) in [7, 11) is 0. The molecule has 0 aliphatic heterocycles. The lowest BCUT2D eigenvalue weighted by molar-refractivity contribution is -0.361. The Bertz CT molecular complexity index is 561. The first-order valence-corrected chi connectivity index (χ1v) is 6.96. The summed E-state index contributed by atoms with van der Waals surface area (Å²) in [5.74, 6) is -6.26. The quantitative estimate of drug-likeness (QED) is 0.283. The van der Waals surface area contributed by atoms with Gasteiger partial charge in [0.05, 0.1) is 6.21 Å². The number of hydrazone groups is 1. The third-order valence-electron chi connectivity index (χ3n) is 2.47. The van der Waals surface area contributed by atoms with Crippen LogP contribution in [0.4, 0.5) is 30.7 Å². The van der Waals surface area contributed by atoms with Crippen LogP contribution in [0.15, 0.2) is 26.2 Å². The molecule has 0 aliphatic carbocycles. The summed E-state index contributed by atoms with van der Waals surface area (Å²) in [5.41, 5.74) is 1.52. The van der Waals surface area contributed by atoms with Gasteiger partial charge in [0, 0.05) is 8.95 Å². The minimum absolute atomic E-state index is 0.197. The van der Waals surface area contributed by atoms with Crippen LogP contribution in [-0.4, -0.2) is 24.4 Å². The number of rotatable bonds is 4. The summed E-state index contributed by atoms with van der Waals surface area (Å²) < 4.78 is 87.8. The van der Waals surface area contributed by atoms with E-state index in [1.165, 1.54) is 12.1 Å². The zero-order chi connectivity index (χ0) is 17.3. The fourth-order valence-corrected chi connectivity index (χ4v) is 2.40. The predicted octanol–water partition coefficient (Wildman–Crippen LogP) is 5.23. The molecule has 0 saturated carbocycles. The molecular weight excluding hydrogens is 453 g/mol. The van der Waals surface area contributed by atoms with Crippen LogP contribution in [0.2, 0.25) is 0 Å². The van der Waals surface area contributed by atoms with E-state index >= 15 is 0 Å². The maximum atomic E-state index is 12.9. The van der Waals surface area contributed by atoms with Crippen LogP contribution in [0.5, 0.6) is 0 Å². The third kappa shape index (κ3) is 3.92. The largest absolute Gasteiger partial charge is 0.462 e. The van der Waals surface area contributed by atoms with Gasteiger partial charge in [-0.15, -0.1) is 0 Å². The zero-order valence-electron chi connectivity index (χ0n) is 10.6. The molecule has 1 rings (SSSR count). The van der Waals surface area contributed by atoms with Gasteiger partial charge in [0.1, 0.15) is 0 Å². The average Bonchev–Trinajstić information content (AvgIpc) is 2.34. The second kappa shape index (κ2) is 6.34. The van der Waals surface area contributed by atoms with E-state index in [-0.39, 0.29) is 5.56 Å². The second-order valence-electron chi connectivity index (χ2n) is 4.13. The highest BCUT2D eigenvalue weighted by Crippen LogP contribution is 2.44. The molecule has 0 aromatic heterocycles. The molecule has 0 amide bonds. The summed E-state index contributed by atoms with van der Waals surface area (Å²) in [6.45, 7) is 1.73. The molecule has 0 atom stereocenters. The molecule has 1 aromatic carbocycles. The van der Waals surface area contributed by atoms with Crippen molar-refractivity contribution >= 4 is 38.1 Å². The number of hydrogen-bond donors (Lipinski definition) is 1. The van der Waals surface area contributed by atoms with E-state index in [4.69, 9.17) is 0 Å². The van der Waals surface area contributed by atoms with Crippen LogP contribution in [0.1, 0.15) is 11.1 Å². The van der Waals surface area contributed by atoms with Crippen molar-refractivity contribution in [2.75, 3.05) is 0 Å². The van der Waals surface area contributed by atoms with Crippen LogP contribution < -0.4 is 5.43 Å². The van der Waals surface area contributed by atoms with Crippen molar-refractivity contribution in [3.8, 4) is 0 Å². The van der Waals surface area contributed by atoms with E-state index < -0.39 is 18.1 Å². The maximum absolute atomic E-state index is 12.9. The minimum Gasteiger partial charge on any atom is -0.242 e. The molecule has 11 heteroatoms. The first-order chi connectivity index (χ1) is 9.79. The molecule has 1 aromatic rings. The van der Waals surface area contributed by atoms with Gasteiger partial charge in [-0.3, -0.25) is 0 Å².